The second kappa shape index (κ2) is 15.8. The van der Waals surface area contributed by atoms with Gasteiger partial charge in [0.25, 0.3) is 23.6 Å². The first kappa shape index (κ1) is 39.5. The molecule has 0 aromatic heterocycles. The summed E-state index contributed by atoms with van der Waals surface area (Å²) in [5.74, 6) is -2.51. The van der Waals surface area contributed by atoms with Gasteiger partial charge >= 0.3 is 0 Å². The molecule has 0 saturated heterocycles. The van der Waals surface area contributed by atoms with Crippen LogP contribution in [0.2, 0.25) is 0 Å². The van der Waals surface area contributed by atoms with Gasteiger partial charge in [-0.3, -0.25) is 58.8 Å². The van der Waals surface area contributed by atoms with Gasteiger partial charge in [0.05, 0.1) is 22.3 Å². The zero-order chi connectivity index (χ0) is 41.7. The van der Waals surface area contributed by atoms with Gasteiger partial charge in [0.2, 0.25) is 0 Å². The Balaban J connectivity index is 0.844. The highest BCUT2D eigenvalue weighted by Gasteiger charge is 2.40. The van der Waals surface area contributed by atoms with E-state index in [1.54, 1.807) is 72.8 Å². The molecule has 0 spiro atoms. The predicted molar refractivity (Wildman–Crippen MR) is 216 cm³/mol. The summed E-state index contributed by atoms with van der Waals surface area (Å²) in [5.41, 5.74) is 6.12. The molecule has 4 aromatic carbocycles. The molecule has 13 heteroatoms. The van der Waals surface area contributed by atoms with Crippen LogP contribution in [0.15, 0.2) is 72.8 Å². The number of Topliss-reactive ketones (excluding diaryl/α,β-unsaturated/α-hetero) is 4. The van der Waals surface area contributed by atoms with E-state index in [-0.39, 0.29) is 46.8 Å². The molecule has 59 heavy (non-hydrogen) atoms. The molecule has 2 N–H and O–H groups in total. The summed E-state index contributed by atoms with van der Waals surface area (Å²) in [6.07, 6.45) is 2.71. The fourth-order valence-electron chi connectivity index (χ4n) is 8.43. The summed E-state index contributed by atoms with van der Waals surface area (Å²) in [6.45, 7) is 4.63. The Bertz CT molecular complexity index is 2360. The van der Waals surface area contributed by atoms with E-state index in [9.17, 15) is 38.4 Å². The lowest BCUT2D eigenvalue weighted by Crippen LogP contribution is -2.46. The number of benzene rings is 4. The lowest BCUT2D eigenvalue weighted by Gasteiger charge is -2.24. The van der Waals surface area contributed by atoms with Crippen LogP contribution in [0.5, 0.6) is 0 Å². The lowest BCUT2D eigenvalue weighted by molar-refractivity contribution is 0.0677. The Morgan fingerprint density at radius 3 is 1.19 bits per heavy atom. The number of carbonyl (C=O) groups excluding carboxylic acids is 8. The maximum atomic E-state index is 13.5. The highest BCUT2D eigenvalue weighted by Crippen LogP contribution is 2.29. The number of unbranched alkanes of at least 4 members (excludes halogenated alkanes) is 1. The van der Waals surface area contributed by atoms with Gasteiger partial charge in [-0.25, -0.2) is 0 Å². The van der Waals surface area contributed by atoms with E-state index in [1.807, 2.05) is 0 Å². The second-order valence-corrected chi connectivity index (χ2v) is 15.6. The lowest BCUT2D eigenvalue weighted by atomic mass is 9.97. The molecule has 2 aliphatic heterocycles. The van der Waals surface area contributed by atoms with E-state index in [1.165, 1.54) is 14.1 Å². The smallest absolute Gasteiger partial charge is 0.261 e. The van der Waals surface area contributed by atoms with Crippen molar-refractivity contribution in [1.29, 1.82) is 0 Å². The van der Waals surface area contributed by atoms with Gasteiger partial charge < -0.3 is 4.90 Å². The third-order valence-electron chi connectivity index (χ3n) is 11.8. The predicted octanol–water partition coefficient (Wildman–Crippen LogP) is 3.80. The summed E-state index contributed by atoms with van der Waals surface area (Å²) in [4.78, 5) is 108. The van der Waals surface area contributed by atoms with Crippen LogP contribution in [-0.4, -0.2) is 120 Å². The van der Waals surface area contributed by atoms with Gasteiger partial charge in [0.1, 0.15) is 12.1 Å². The Hall–Kier alpha value is -6.28. The van der Waals surface area contributed by atoms with Crippen LogP contribution in [0.25, 0.3) is 0 Å². The molecule has 300 valence electrons. The van der Waals surface area contributed by atoms with Crippen molar-refractivity contribution in [2.45, 2.75) is 44.7 Å². The summed E-state index contributed by atoms with van der Waals surface area (Å²) >= 11 is 0. The van der Waals surface area contributed by atoms with Crippen molar-refractivity contribution in [3.63, 3.8) is 0 Å². The van der Waals surface area contributed by atoms with Crippen molar-refractivity contribution in [2.24, 2.45) is 0 Å². The van der Waals surface area contributed by atoms with Crippen LogP contribution in [-0.2, 0) is 12.8 Å². The average Bonchev–Trinajstić information content (AvgIpc) is 3.79. The van der Waals surface area contributed by atoms with Crippen LogP contribution in [0.3, 0.4) is 0 Å². The third-order valence-corrected chi connectivity index (χ3v) is 11.8. The molecular weight excluding hydrogens is 751 g/mol. The molecule has 2 unspecified atom stereocenters. The number of ketones is 4. The minimum atomic E-state index is -1.00. The normalized spacial score (nSPS) is 18.2. The van der Waals surface area contributed by atoms with Gasteiger partial charge in [-0.2, -0.15) is 0 Å². The van der Waals surface area contributed by atoms with E-state index in [0.29, 0.717) is 83.5 Å². The number of amides is 4. The molecule has 4 amide bonds. The minimum absolute atomic E-state index is 0.282. The molecule has 4 aromatic rings. The molecule has 4 aliphatic rings. The Morgan fingerprint density at radius 1 is 0.458 bits per heavy atom. The van der Waals surface area contributed by atoms with Crippen LogP contribution in [0.4, 0.5) is 0 Å². The summed E-state index contributed by atoms with van der Waals surface area (Å²) in [7, 11) is 2.90. The number of fused-ring (bicyclic) bond motifs is 4. The number of nitrogens with one attached hydrogen (secondary N) is 2. The van der Waals surface area contributed by atoms with Crippen LogP contribution in [0.1, 0.15) is 125 Å². The molecule has 2 atom stereocenters. The first-order chi connectivity index (χ1) is 28.4. The zero-order valence-electron chi connectivity index (χ0n) is 33.1. The van der Waals surface area contributed by atoms with E-state index in [0.717, 1.165) is 51.4 Å². The highest BCUT2D eigenvalue weighted by molar-refractivity contribution is 6.30. The fraction of sp³-hybridized carbons (Fsp3) is 0.304. The second-order valence-electron chi connectivity index (χ2n) is 15.6. The number of hydrogen-bond acceptors (Lipinski definition) is 11. The maximum absolute atomic E-state index is 13.5. The quantitative estimate of drug-likeness (QED) is 0.133. The molecule has 0 radical (unpaired) electrons. The molecule has 2 aliphatic carbocycles. The average molecular weight is 794 g/mol. The number of hydrogen-bond donors (Lipinski definition) is 2. The molecule has 0 bridgehead atoms. The van der Waals surface area contributed by atoms with Gasteiger partial charge in [-0.05, 0) is 84.5 Å². The standard InChI is InChI=1S/C46H43N5O8/c1-4-5-16-51(17-14-47-37-39(52)29-10-6-25(21-33(29)41(37)54)19-27-8-12-31-35(23-27)45(58)49(2)43(31)56)18-15-48-38-40(53)30-11-7-26(22-34(30)42(38)55)20-28-9-13-32-36(24-28)46(59)50(3)44(32)57/h6-13,21-24,37-38,47-48H,4-5,14-20H2,1-3H3. The SMILES string of the molecule is CCCCN(CCNC1C(=O)c2ccc(Cc3ccc4c(c3)C(=O)N(C)C4=O)cc2C1=O)CCNC1C(=O)c2ccc(Cc3ccc4c(c3)C(=O)N(C)C4=O)cc2C1=O. The molecule has 8 rings (SSSR count). The third kappa shape index (κ3) is 7.15. The van der Waals surface area contributed by atoms with E-state index >= 15 is 0 Å². The van der Waals surface area contributed by atoms with Gasteiger partial charge in [-0.1, -0.05) is 49.7 Å². The number of nitrogens with zero attached hydrogens (tertiary/aromatic N) is 3. The van der Waals surface area contributed by atoms with Crippen LogP contribution in [0, 0.1) is 0 Å². The number of rotatable bonds is 15. The Kier molecular flexibility index (Phi) is 10.6. The topological polar surface area (TPSA) is 170 Å². The number of carbonyl (C=O) groups is 8. The first-order valence-electron chi connectivity index (χ1n) is 19.9. The van der Waals surface area contributed by atoms with Crippen molar-refractivity contribution in [3.8, 4) is 0 Å². The zero-order valence-corrected chi connectivity index (χ0v) is 33.1. The van der Waals surface area contributed by atoms with Crippen molar-refractivity contribution in [1.82, 2.24) is 25.3 Å². The van der Waals surface area contributed by atoms with Crippen LogP contribution < -0.4 is 10.6 Å². The van der Waals surface area contributed by atoms with E-state index in [4.69, 9.17) is 0 Å². The van der Waals surface area contributed by atoms with Crippen molar-refractivity contribution in [3.05, 3.63) is 140 Å². The Labute approximate surface area is 340 Å². The van der Waals surface area contributed by atoms with Crippen molar-refractivity contribution in [2.75, 3.05) is 46.8 Å². The monoisotopic (exact) mass is 793 g/mol. The van der Waals surface area contributed by atoms with Gasteiger partial charge in [0.15, 0.2) is 23.1 Å². The summed E-state index contributed by atoms with van der Waals surface area (Å²) < 4.78 is 0. The maximum Gasteiger partial charge on any atom is 0.261 e. The first-order valence-corrected chi connectivity index (χ1v) is 19.9. The molecule has 13 nitrogen and oxygen atoms in total. The largest absolute Gasteiger partial charge is 0.301 e. The van der Waals surface area contributed by atoms with Crippen molar-refractivity contribution >= 4 is 46.8 Å². The van der Waals surface area contributed by atoms with Crippen LogP contribution >= 0.6 is 0 Å². The molecule has 0 fully saturated rings. The Morgan fingerprint density at radius 2 is 0.797 bits per heavy atom. The van der Waals surface area contributed by atoms with E-state index in [2.05, 4.69) is 22.5 Å². The van der Waals surface area contributed by atoms with Crippen molar-refractivity contribution < 1.29 is 38.4 Å². The van der Waals surface area contributed by atoms with Gasteiger partial charge in [0, 0.05) is 62.5 Å². The molecular formula is C46H43N5O8. The summed E-state index contributed by atoms with van der Waals surface area (Å²) in [5, 5.41) is 6.33. The van der Waals surface area contributed by atoms with E-state index < -0.39 is 12.1 Å². The fourth-order valence-corrected chi connectivity index (χ4v) is 8.43. The minimum Gasteiger partial charge on any atom is -0.301 e. The molecule has 0 saturated carbocycles. The molecule has 2 heterocycles. The summed E-state index contributed by atoms with van der Waals surface area (Å²) in [6, 6.07) is 18.7. The van der Waals surface area contributed by atoms with Gasteiger partial charge in [-0.15, -0.1) is 0 Å². The number of imide groups is 2. The highest BCUT2D eigenvalue weighted by atomic mass is 16.2.